The van der Waals surface area contributed by atoms with Crippen LogP contribution in [0.4, 0.5) is 0 Å². The molecule has 156 valence electrons. The molecule has 0 saturated carbocycles. The van der Waals surface area contributed by atoms with Crippen LogP contribution in [0.25, 0.3) is 0 Å². The molecule has 2 aliphatic heterocycles. The van der Waals surface area contributed by atoms with Gasteiger partial charge in [-0.3, -0.25) is 14.7 Å². The van der Waals surface area contributed by atoms with E-state index in [1.165, 1.54) is 0 Å². The number of carbonyl (C=O) groups excluding carboxylic acids is 1. The molecule has 0 radical (unpaired) electrons. The van der Waals surface area contributed by atoms with Crippen molar-refractivity contribution in [1.82, 2.24) is 15.2 Å². The molecule has 7 nitrogen and oxygen atoms in total. The van der Waals surface area contributed by atoms with Crippen molar-refractivity contribution in [1.29, 1.82) is 0 Å². The summed E-state index contributed by atoms with van der Waals surface area (Å²) in [6, 6.07) is 0.601. The van der Waals surface area contributed by atoms with Gasteiger partial charge in [0.2, 0.25) is 5.91 Å². The van der Waals surface area contributed by atoms with Gasteiger partial charge in [-0.25, -0.2) is 0 Å². The van der Waals surface area contributed by atoms with E-state index in [4.69, 9.17) is 15.2 Å². The van der Waals surface area contributed by atoms with Gasteiger partial charge in [-0.2, -0.15) is 0 Å². The molecule has 0 spiro atoms. The molecular weight excluding hydrogens is 356 g/mol. The summed E-state index contributed by atoms with van der Waals surface area (Å²) in [6.07, 6.45) is 5.55. The van der Waals surface area contributed by atoms with Crippen molar-refractivity contribution in [3.05, 3.63) is 23.0 Å². The first-order valence-electron chi connectivity index (χ1n) is 10.3. The van der Waals surface area contributed by atoms with Gasteiger partial charge in [0.05, 0.1) is 25.3 Å². The summed E-state index contributed by atoms with van der Waals surface area (Å²) < 4.78 is 11.0. The number of carbonyl (C=O) groups is 1. The summed E-state index contributed by atoms with van der Waals surface area (Å²) in [5, 5.41) is 3.10. The second-order valence-corrected chi connectivity index (χ2v) is 8.10. The Hall–Kier alpha value is -1.70. The van der Waals surface area contributed by atoms with E-state index < -0.39 is 0 Å². The monoisotopic (exact) mass is 390 g/mol. The fourth-order valence-corrected chi connectivity index (χ4v) is 4.38. The summed E-state index contributed by atoms with van der Waals surface area (Å²) in [5.74, 6) is 0.890. The molecule has 3 heterocycles. The van der Waals surface area contributed by atoms with E-state index in [1.54, 1.807) is 13.3 Å². The second-order valence-electron chi connectivity index (χ2n) is 8.10. The summed E-state index contributed by atoms with van der Waals surface area (Å²) in [7, 11) is 1.66. The van der Waals surface area contributed by atoms with E-state index in [2.05, 4.69) is 15.2 Å². The minimum atomic E-state index is -0.0379. The Morgan fingerprint density at radius 1 is 1.29 bits per heavy atom. The van der Waals surface area contributed by atoms with Crippen LogP contribution in [0.1, 0.15) is 42.5 Å². The van der Waals surface area contributed by atoms with Gasteiger partial charge in [-0.05, 0) is 39.5 Å². The molecule has 2 aliphatic rings. The lowest BCUT2D eigenvalue weighted by Gasteiger charge is -2.35. The van der Waals surface area contributed by atoms with Crippen LogP contribution in [0.3, 0.4) is 0 Å². The molecule has 2 fully saturated rings. The van der Waals surface area contributed by atoms with Crippen LogP contribution in [-0.4, -0.2) is 61.3 Å². The number of amides is 1. The fourth-order valence-electron chi connectivity index (χ4n) is 4.38. The number of rotatable bonds is 5. The Morgan fingerprint density at radius 2 is 2.04 bits per heavy atom. The lowest BCUT2D eigenvalue weighted by molar-refractivity contribution is -0.126. The Morgan fingerprint density at radius 3 is 2.75 bits per heavy atom. The summed E-state index contributed by atoms with van der Waals surface area (Å²) in [4.78, 5) is 19.8. The molecule has 3 N–H and O–H groups in total. The first-order valence-corrected chi connectivity index (χ1v) is 10.3. The van der Waals surface area contributed by atoms with Gasteiger partial charge in [0.15, 0.2) is 0 Å². The number of aromatic nitrogens is 1. The first kappa shape index (κ1) is 21.0. The number of aryl methyl sites for hydroxylation is 1. The van der Waals surface area contributed by atoms with Crippen molar-refractivity contribution in [2.24, 2.45) is 11.7 Å². The molecule has 0 aromatic carbocycles. The molecule has 7 heteroatoms. The standard InChI is InChI=1S/C21H34N4O3/c1-14-10-23-19(15(2)20(14)27-3)11-24-21(26)16-4-5-17(22)13-25(12-16)18-6-8-28-9-7-18/h10,16-18H,4-9,11-13,22H2,1-3H3,(H,24,26)/t16-,17+/m1/s1. The van der Waals surface area contributed by atoms with Gasteiger partial charge < -0.3 is 20.5 Å². The number of hydrogen-bond acceptors (Lipinski definition) is 6. The molecule has 2 atom stereocenters. The zero-order valence-corrected chi connectivity index (χ0v) is 17.4. The fraction of sp³-hybridized carbons (Fsp3) is 0.714. The molecule has 1 aromatic heterocycles. The Balaban J connectivity index is 1.62. The number of nitrogens with two attached hydrogens (primary N) is 1. The molecule has 3 rings (SSSR count). The first-order chi connectivity index (χ1) is 13.5. The molecule has 2 saturated heterocycles. The zero-order chi connectivity index (χ0) is 20.1. The maximum absolute atomic E-state index is 12.9. The highest BCUT2D eigenvalue weighted by Gasteiger charge is 2.31. The topological polar surface area (TPSA) is 89.7 Å². The highest BCUT2D eigenvalue weighted by Crippen LogP contribution is 2.25. The summed E-state index contributed by atoms with van der Waals surface area (Å²) in [5.41, 5.74) is 9.13. The number of nitrogens with zero attached hydrogens (tertiary/aromatic N) is 2. The minimum Gasteiger partial charge on any atom is -0.496 e. The van der Waals surface area contributed by atoms with Gasteiger partial charge in [0.25, 0.3) is 0 Å². The van der Waals surface area contributed by atoms with E-state index in [0.717, 1.165) is 74.6 Å². The van der Waals surface area contributed by atoms with E-state index in [1.807, 2.05) is 13.8 Å². The van der Waals surface area contributed by atoms with Gasteiger partial charge in [-0.15, -0.1) is 0 Å². The average Bonchev–Trinajstić information content (AvgIpc) is 2.90. The van der Waals surface area contributed by atoms with Crippen LogP contribution in [0.2, 0.25) is 0 Å². The Kier molecular flexibility index (Phi) is 7.26. The number of methoxy groups -OCH3 is 1. The lowest BCUT2D eigenvalue weighted by atomic mass is 10.00. The van der Waals surface area contributed by atoms with E-state index in [0.29, 0.717) is 12.6 Å². The van der Waals surface area contributed by atoms with Crippen LogP contribution in [0, 0.1) is 19.8 Å². The van der Waals surface area contributed by atoms with Crippen molar-refractivity contribution >= 4 is 5.91 Å². The molecule has 0 aliphatic carbocycles. The van der Waals surface area contributed by atoms with Crippen LogP contribution in [0.15, 0.2) is 6.20 Å². The Labute approximate surface area is 168 Å². The maximum atomic E-state index is 12.9. The molecular formula is C21H34N4O3. The van der Waals surface area contributed by atoms with Crippen molar-refractivity contribution < 1.29 is 14.3 Å². The van der Waals surface area contributed by atoms with Crippen molar-refractivity contribution in [3.8, 4) is 5.75 Å². The summed E-state index contributed by atoms with van der Waals surface area (Å²) >= 11 is 0. The third-order valence-corrected chi connectivity index (χ3v) is 6.07. The second kappa shape index (κ2) is 9.67. The molecule has 0 unspecified atom stereocenters. The van der Waals surface area contributed by atoms with Gasteiger partial charge >= 0.3 is 0 Å². The molecule has 1 amide bonds. The quantitative estimate of drug-likeness (QED) is 0.793. The number of ether oxygens (including phenoxy) is 2. The number of pyridine rings is 1. The third kappa shape index (κ3) is 5.01. The molecule has 0 bridgehead atoms. The maximum Gasteiger partial charge on any atom is 0.224 e. The van der Waals surface area contributed by atoms with Crippen molar-refractivity contribution in [2.45, 2.75) is 58.2 Å². The average molecular weight is 391 g/mol. The van der Waals surface area contributed by atoms with Crippen LogP contribution in [0.5, 0.6) is 5.75 Å². The number of nitrogens with one attached hydrogen (secondary N) is 1. The van der Waals surface area contributed by atoms with E-state index in [9.17, 15) is 4.79 Å². The molecule has 28 heavy (non-hydrogen) atoms. The Bertz CT molecular complexity index is 676. The van der Waals surface area contributed by atoms with Gasteiger partial charge in [0, 0.05) is 55.7 Å². The zero-order valence-electron chi connectivity index (χ0n) is 17.4. The van der Waals surface area contributed by atoms with Gasteiger partial charge in [0.1, 0.15) is 5.75 Å². The molecule has 1 aromatic rings. The largest absolute Gasteiger partial charge is 0.496 e. The normalized spacial score (nSPS) is 24.6. The predicted molar refractivity (Wildman–Crippen MR) is 108 cm³/mol. The number of likely N-dealkylation sites (tertiary alicyclic amines) is 1. The van der Waals surface area contributed by atoms with Gasteiger partial charge in [-0.1, -0.05) is 0 Å². The third-order valence-electron chi connectivity index (χ3n) is 6.07. The van der Waals surface area contributed by atoms with Crippen molar-refractivity contribution in [3.63, 3.8) is 0 Å². The highest BCUT2D eigenvalue weighted by atomic mass is 16.5. The highest BCUT2D eigenvalue weighted by molar-refractivity contribution is 5.79. The minimum absolute atomic E-state index is 0.0379. The van der Waals surface area contributed by atoms with E-state index in [-0.39, 0.29) is 17.9 Å². The number of hydrogen-bond donors (Lipinski definition) is 2. The predicted octanol–water partition coefficient (Wildman–Crippen LogP) is 1.54. The van der Waals surface area contributed by atoms with Crippen molar-refractivity contribution in [2.75, 3.05) is 33.4 Å². The van der Waals surface area contributed by atoms with Crippen LogP contribution >= 0.6 is 0 Å². The van der Waals surface area contributed by atoms with E-state index >= 15 is 0 Å². The van der Waals surface area contributed by atoms with Crippen LogP contribution < -0.4 is 15.8 Å². The SMILES string of the molecule is COc1c(C)cnc(CNC(=O)[C@@H]2CC[C@H](N)CN(C3CCOCC3)C2)c1C. The summed E-state index contributed by atoms with van der Waals surface area (Å²) in [6.45, 7) is 7.61. The van der Waals surface area contributed by atoms with Crippen LogP contribution in [-0.2, 0) is 16.1 Å². The smallest absolute Gasteiger partial charge is 0.224 e. The lowest BCUT2D eigenvalue weighted by Crippen LogP contribution is -2.47.